The van der Waals surface area contributed by atoms with Crippen molar-refractivity contribution in [3.05, 3.63) is 16.8 Å². The Kier molecular flexibility index (Phi) is 4.18. The Morgan fingerprint density at radius 1 is 1.25 bits per heavy atom. The Labute approximate surface area is 102 Å². The lowest BCUT2D eigenvalue weighted by atomic mass is 10.0. The quantitative estimate of drug-likeness (QED) is 0.801. The maximum Gasteiger partial charge on any atom is 0.161 e. The second-order valence-electron chi connectivity index (χ2n) is 3.79. The zero-order chi connectivity index (χ0) is 12.3. The zero-order valence-corrected chi connectivity index (χ0v) is 11.1. The summed E-state index contributed by atoms with van der Waals surface area (Å²) in [6.07, 6.45) is 1.71. The predicted octanol–water partition coefficient (Wildman–Crippen LogP) is 1.30. The largest absolute Gasteiger partial charge is 0.389 e. The molecule has 0 amide bonds. The van der Waals surface area contributed by atoms with Crippen molar-refractivity contribution >= 4 is 23.0 Å². The van der Waals surface area contributed by atoms with Gasteiger partial charge in [-0.25, -0.2) is 0 Å². The van der Waals surface area contributed by atoms with Crippen molar-refractivity contribution in [2.75, 3.05) is 19.0 Å². The summed E-state index contributed by atoms with van der Waals surface area (Å²) >= 11 is 5.11. The van der Waals surface area contributed by atoms with E-state index in [9.17, 15) is 0 Å². The minimum atomic E-state index is 0.394. The van der Waals surface area contributed by atoms with Crippen LogP contribution in [0.5, 0.6) is 0 Å². The smallest absolute Gasteiger partial charge is 0.161 e. The van der Waals surface area contributed by atoms with Crippen molar-refractivity contribution in [2.24, 2.45) is 5.73 Å². The first-order valence-electron chi connectivity index (χ1n) is 5.38. The highest BCUT2D eigenvalue weighted by Crippen LogP contribution is 2.22. The van der Waals surface area contributed by atoms with E-state index in [1.165, 1.54) is 0 Å². The lowest BCUT2D eigenvalue weighted by Gasteiger charge is -2.18. The molecule has 0 aliphatic heterocycles. The van der Waals surface area contributed by atoms with Gasteiger partial charge in [0.1, 0.15) is 4.99 Å². The summed E-state index contributed by atoms with van der Waals surface area (Å²) in [7, 11) is 3.83. The number of hydrogen-bond acceptors (Lipinski definition) is 4. The number of aromatic nitrogens is 2. The van der Waals surface area contributed by atoms with Gasteiger partial charge >= 0.3 is 0 Å². The first-order chi connectivity index (χ1) is 7.52. The summed E-state index contributed by atoms with van der Waals surface area (Å²) in [6, 6.07) is 0. The van der Waals surface area contributed by atoms with E-state index in [1.807, 2.05) is 19.0 Å². The normalized spacial score (nSPS) is 10.2. The number of aryl methyl sites for hydroxylation is 1. The van der Waals surface area contributed by atoms with Crippen LogP contribution in [0.25, 0.3) is 0 Å². The number of anilines is 1. The van der Waals surface area contributed by atoms with Crippen LogP contribution in [0.2, 0.25) is 0 Å². The fourth-order valence-electron chi connectivity index (χ4n) is 1.73. The fraction of sp³-hybridized carbons (Fsp3) is 0.545. The summed E-state index contributed by atoms with van der Waals surface area (Å²) in [5.74, 6) is 0.751. The monoisotopic (exact) mass is 238 g/mol. The third-order valence-corrected chi connectivity index (χ3v) is 2.70. The van der Waals surface area contributed by atoms with Gasteiger partial charge in [0, 0.05) is 14.1 Å². The molecule has 0 bridgehead atoms. The molecule has 0 saturated carbocycles. The molecule has 1 aromatic heterocycles. The molecular formula is C11H18N4S. The van der Waals surface area contributed by atoms with E-state index in [0.29, 0.717) is 4.99 Å². The van der Waals surface area contributed by atoms with E-state index in [2.05, 4.69) is 24.0 Å². The molecule has 1 heterocycles. The van der Waals surface area contributed by atoms with Crippen LogP contribution in [-0.2, 0) is 12.8 Å². The topological polar surface area (TPSA) is 55.0 Å². The molecule has 0 radical (unpaired) electrons. The summed E-state index contributed by atoms with van der Waals surface area (Å²) in [5, 5.41) is 8.41. The van der Waals surface area contributed by atoms with E-state index >= 15 is 0 Å². The van der Waals surface area contributed by atoms with Crippen LogP contribution in [0.3, 0.4) is 0 Å². The van der Waals surface area contributed by atoms with Gasteiger partial charge < -0.3 is 10.6 Å². The Balaban J connectivity index is 3.50. The van der Waals surface area contributed by atoms with Gasteiger partial charge in [-0.3, -0.25) is 0 Å². The van der Waals surface area contributed by atoms with Crippen molar-refractivity contribution in [3.63, 3.8) is 0 Å². The molecule has 0 atom stereocenters. The maximum absolute atomic E-state index is 5.79. The average Bonchev–Trinajstić information content (AvgIpc) is 2.26. The van der Waals surface area contributed by atoms with Crippen LogP contribution in [0.15, 0.2) is 0 Å². The van der Waals surface area contributed by atoms with Gasteiger partial charge in [-0.1, -0.05) is 26.1 Å². The molecule has 0 spiro atoms. The zero-order valence-electron chi connectivity index (χ0n) is 10.2. The number of nitrogens with zero attached hydrogens (tertiary/aromatic N) is 3. The molecule has 0 aliphatic rings. The van der Waals surface area contributed by atoms with Gasteiger partial charge in [-0.15, -0.1) is 5.10 Å². The van der Waals surface area contributed by atoms with E-state index in [4.69, 9.17) is 18.0 Å². The van der Waals surface area contributed by atoms with Crippen molar-refractivity contribution < 1.29 is 0 Å². The second-order valence-corrected chi connectivity index (χ2v) is 4.23. The third kappa shape index (κ3) is 2.29. The van der Waals surface area contributed by atoms with E-state index in [1.54, 1.807) is 0 Å². The van der Waals surface area contributed by atoms with Gasteiger partial charge in [-0.2, -0.15) is 5.10 Å². The summed E-state index contributed by atoms with van der Waals surface area (Å²) in [5.41, 5.74) is 8.76. The highest BCUT2D eigenvalue weighted by Gasteiger charge is 2.17. The standard InChI is InChI=1S/C11H18N4S/c1-5-7-8(6-2)13-14-11(15(3)4)9(7)10(12)16/h5-6H2,1-4H3,(H2,12,16). The Morgan fingerprint density at radius 2 is 1.88 bits per heavy atom. The minimum absolute atomic E-state index is 0.394. The van der Waals surface area contributed by atoms with Gasteiger partial charge in [0.25, 0.3) is 0 Å². The summed E-state index contributed by atoms with van der Waals surface area (Å²) < 4.78 is 0. The molecule has 4 nitrogen and oxygen atoms in total. The average molecular weight is 238 g/mol. The van der Waals surface area contributed by atoms with Crippen molar-refractivity contribution in [2.45, 2.75) is 26.7 Å². The summed E-state index contributed by atoms with van der Waals surface area (Å²) in [6.45, 7) is 4.14. The molecule has 0 aromatic carbocycles. The molecular weight excluding hydrogens is 220 g/mol. The molecule has 0 aliphatic carbocycles. The van der Waals surface area contributed by atoms with E-state index < -0.39 is 0 Å². The highest BCUT2D eigenvalue weighted by atomic mass is 32.1. The van der Waals surface area contributed by atoms with Crippen LogP contribution < -0.4 is 10.6 Å². The lowest BCUT2D eigenvalue weighted by Crippen LogP contribution is -2.23. The first kappa shape index (κ1) is 12.8. The van der Waals surface area contributed by atoms with Gasteiger partial charge in [0.05, 0.1) is 11.3 Å². The molecule has 1 aromatic rings. The first-order valence-corrected chi connectivity index (χ1v) is 5.79. The van der Waals surface area contributed by atoms with Gasteiger partial charge in [0.2, 0.25) is 0 Å². The Morgan fingerprint density at radius 3 is 2.25 bits per heavy atom. The maximum atomic E-state index is 5.79. The van der Waals surface area contributed by atoms with Crippen LogP contribution in [0.1, 0.15) is 30.7 Å². The molecule has 2 N–H and O–H groups in total. The van der Waals surface area contributed by atoms with Crippen molar-refractivity contribution in [1.29, 1.82) is 0 Å². The number of hydrogen-bond donors (Lipinski definition) is 1. The van der Waals surface area contributed by atoms with Crippen molar-refractivity contribution in [1.82, 2.24) is 10.2 Å². The summed E-state index contributed by atoms with van der Waals surface area (Å²) in [4.78, 5) is 2.28. The van der Waals surface area contributed by atoms with Crippen LogP contribution in [-0.4, -0.2) is 29.3 Å². The van der Waals surface area contributed by atoms with Gasteiger partial charge in [0.15, 0.2) is 5.82 Å². The highest BCUT2D eigenvalue weighted by molar-refractivity contribution is 7.80. The lowest BCUT2D eigenvalue weighted by molar-refractivity contribution is 0.857. The van der Waals surface area contributed by atoms with Gasteiger partial charge in [-0.05, 0) is 18.4 Å². The molecule has 88 valence electrons. The molecule has 0 fully saturated rings. The predicted molar refractivity (Wildman–Crippen MR) is 71.0 cm³/mol. The Hall–Kier alpha value is -1.23. The molecule has 16 heavy (non-hydrogen) atoms. The van der Waals surface area contributed by atoms with Crippen LogP contribution in [0, 0.1) is 0 Å². The Bertz CT molecular complexity index is 401. The third-order valence-electron chi connectivity index (χ3n) is 2.50. The van der Waals surface area contributed by atoms with E-state index in [0.717, 1.165) is 35.5 Å². The molecule has 0 unspecified atom stereocenters. The number of nitrogens with two attached hydrogens (primary N) is 1. The fourth-order valence-corrected chi connectivity index (χ4v) is 1.95. The van der Waals surface area contributed by atoms with Crippen LogP contribution >= 0.6 is 12.2 Å². The molecule has 1 rings (SSSR count). The second kappa shape index (κ2) is 5.21. The molecule has 5 heteroatoms. The van der Waals surface area contributed by atoms with E-state index in [-0.39, 0.29) is 0 Å². The minimum Gasteiger partial charge on any atom is -0.389 e. The SMILES string of the molecule is CCc1nnc(N(C)C)c(C(N)=S)c1CC. The molecule has 0 saturated heterocycles. The van der Waals surface area contributed by atoms with Crippen LogP contribution in [0.4, 0.5) is 5.82 Å². The number of thiocarbonyl (C=S) groups is 1. The number of rotatable bonds is 4. The van der Waals surface area contributed by atoms with Crippen molar-refractivity contribution in [3.8, 4) is 0 Å².